The van der Waals surface area contributed by atoms with E-state index in [2.05, 4.69) is 4.90 Å². The Morgan fingerprint density at radius 3 is 2.65 bits per heavy atom. The van der Waals surface area contributed by atoms with Crippen LogP contribution >= 0.6 is 0 Å². The molecule has 0 bridgehead atoms. The van der Waals surface area contributed by atoms with Crippen LogP contribution in [-0.2, 0) is 0 Å². The Bertz CT molecular complexity index is 404. The van der Waals surface area contributed by atoms with E-state index in [4.69, 9.17) is 5.73 Å². The number of hydrogen-bond donors (Lipinski definition) is 1. The van der Waals surface area contributed by atoms with E-state index in [1.165, 1.54) is 24.3 Å². The fourth-order valence-electron chi connectivity index (χ4n) is 2.19. The Morgan fingerprint density at radius 1 is 1.47 bits per heavy atom. The molecule has 0 radical (unpaired) electrons. The molecule has 0 aromatic heterocycles. The maximum Gasteiger partial charge on any atom is 0.179 e. The summed E-state index contributed by atoms with van der Waals surface area (Å²) in [6, 6.07) is 5.67. The van der Waals surface area contributed by atoms with Crippen molar-refractivity contribution in [3.63, 3.8) is 0 Å². The molecule has 1 aromatic carbocycles. The monoisotopic (exact) mass is 236 g/mol. The molecule has 0 saturated carbocycles. The molecule has 3 nitrogen and oxygen atoms in total. The minimum atomic E-state index is -0.322. The summed E-state index contributed by atoms with van der Waals surface area (Å²) in [5.74, 6) is -0.295. The predicted octanol–water partition coefficient (Wildman–Crippen LogP) is 1.43. The van der Waals surface area contributed by atoms with Crippen LogP contribution in [0.2, 0.25) is 0 Å². The summed E-state index contributed by atoms with van der Waals surface area (Å²) in [5, 5.41) is 0. The van der Waals surface area contributed by atoms with Gasteiger partial charge >= 0.3 is 0 Å². The van der Waals surface area contributed by atoms with Gasteiger partial charge in [0.15, 0.2) is 5.78 Å². The van der Waals surface area contributed by atoms with Crippen molar-refractivity contribution in [2.45, 2.75) is 25.4 Å². The van der Waals surface area contributed by atoms with E-state index in [1.807, 2.05) is 6.92 Å². The van der Waals surface area contributed by atoms with E-state index in [1.54, 1.807) is 0 Å². The second kappa shape index (κ2) is 4.94. The lowest BCUT2D eigenvalue weighted by molar-refractivity contribution is 0.0865. The lowest BCUT2D eigenvalue weighted by Crippen LogP contribution is -2.39. The number of carbonyl (C=O) groups is 1. The topological polar surface area (TPSA) is 46.3 Å². The van der Waals surface area contributed by atoms with Crippen molar-refractivity contribution >= 4 is 5.78 Å². The SMILES string of the molecule is CC(C(=O)c1ccc(F)cc1)N1CCC(N)C1. The van der Waals surface area contributed by atoms with Crippen molar-refractivity contribution in [3.8, 4) is 0 Å². The van der Waals surface area contributed by atoms with Gasteiger partial charge in [-0.05, 0) is 37.6 Å². The van der Waals surface area contributed by atoms with E-state index in [0.29, 0.717) is 5.56 Å². The Labute approximate surface area is 100 Å². The second-order valence-electron chi connectivity index (χ2n) is 4.59. The van der Waals surface area contributed by atoms with Crippen LogP contribution < -0.4 is 5.73 Å². The van der Waals surface area contributed by atoms with Crippen molar-refractivity contribution in [3.05, 3.63) is 35.6 Å². The molecule has 2 unspecified atom stereocenters. The number of nitrogens with zero attached hydrogens (tertiary/aromatic N) is 1. The fourth-order valence-corrected chi connectivity index (χ4v) is 2.19. The van der Waals surface area contributed by atoms with Crippen LogP contribution in [0.1, 0.15) is 23.7 Å². The van der Waals surface area contributed by atoms with E-state index < -0.39 is 0 Å². The number of likely N-dealkylation sites (tertiary alicyclic amines) is 1. The zero-order valence-corrected chi connectivity index (χ0v) is 9.90. The van der Waals surface area contributed by atoms with Crippen molar-refractivity contribution in [1.29, 1.82) is 0 Å². The number of benzene rings is 1. The first-order valence-corrected chi connectivity index (χ1v) is 5.87. The molecule has 2 rings (SSSR count). The van der Waals surface area contributed by atoms with Gasteiger partial charge in [-0.25, -0.2) is 4.39 Å². The van der Waals surface area contributed by atoms with Gasteiger partial charge in [0.05, 0.1) is 6.04 Å². The predicted molar refractivity (Wildman–Crippen MR) is 64.4 cm³/mol. The van der Waals surface area contributed by atoms with Gasteiger partial charge in [-0.3, -0.25) is 9.69 Å². The molecular formula is C13H17FN2O. The van der Waals surface area contributed by atoms with Crippen LogP contribution in [0.5, 0.6) is 0 Å². The zero-order valence-electron chi connectivity index (χ0n) is 9.90. The summed E-state index contributed by atoms with van der Waals surface area (Å²) in [6.45, 7) is 3.49. The van der Waals surface area contributed by atoms with E-state index in [0.717, 1.165) is 19.5 Å². The molecule has 2 atom stereocenters. The molecule has 0 aliphatic carbocycles. The van der Waals surface area contributed by atoms with E-state index >= 15 is 0 Å². The average Bonchev–Trinajstić information content (AvgIpc) is 2.75. The van der Waals surface area contributed by atoms with Crippen molar-refractivity contribution in [2.75, 3.05) is 13.1 Å². The number of Topliss-reactive ketones (excluding diaryl/α,β-unsaturated/α-hetero) is 1. The normalized spacial score (nSPS) is 22.6. The second-order valence-corrected chi connectivity index (χ2v) is 4.59. The third kappa shape index (κ3) is 2.70. The number of carbonyl (C=O) groups excluding carboxylic acids is 1. The molecule has 1 aromatic rings. The van der Waals surface area contributed by atoms with Crippen LogP contribution in [0.3, 0.4) is 0 Å². The molecule has 17 heavy (non-hydrogen) atoms. The van der Waals surface area contributed by atoms with Crippen LogP contribution in [0.4, 0.5) is 4.39 Å². The summed E-state index contributed by atoms with van der Waals surface area (Å²) < 4.78 is 12.8. The van der Waals surface area contributed by atoms with Gasteiger partial charge in [0.25, 0.3) is 0 Å². The smallest absolute Gasteiger partial charge is 0.179 e. The molecule has 0 spiro atoms. The Hall–Kier alpha value is -1.26. The highest BCUT2D eigenvalue weighted by Gasteiger charge is 2.28. The molecule has 1 saturated heterocycles. The molecule has 0 amide bonds. The summed E-state index contributed by atoms with van der Waals surface area (Å²) >= 11 is 0. The number of nitrogens with two attached hydrogens (primary N) is 1. The van der Waals surface area contributed by atoms with Crippen LogP contribution in [-0.4, -0.2) is 35.9 Å². The molecule has 1 fully saturated rings. The fraction of sp³-hybridized carbons (Fsp3) is 0.462. The third-order valence-electron chi connectivity index (χ3n) is 3.31. The minimum Gasteiger partial charge on any atom is -0.326 e. The molecule has 4 heteroatoms. The van der Waals surface area contributed by atoms with Crippen molar-refractivity contribution in [2.24, 2.45) is 5.73 Å². The standard InChI is InChI=1S/C13H17FN2O/c1-9(16-7-6-12(15)8-16)13(17)10-2-4-11(14)5-3-10/h2-5,9,12H,6-8,15H2,1H3. The maximum absolute atomic E-state index is 12.8. The van der Waals surface area contributed by atoms with E-state index in [9.17, 15) is 9.18 Å². The number of halogens is 1. The first-order chi connectivity index (χ1) is 8.08. The molecular weight excluding hydrogens is 219 g/mol. The minimum absolute atomic E-state index is 0.0269. The van der Waals surface area contributed by atoms with Gasteiger partial charge < -0.3 is 5.73 Å². The quantitative estimate of drug-likeness (QED) is 0.808. The molecule has 92 valence electrons. The van der Waals surface area contributed by atoms with Gasteiger partial charge in [-0.1, -0.05) is 0 Å². The maximum atomic E-state index is 12.8. The van der Waals surface area contributed by atoms with Gasteiger partial charge in [0.1, 0.15) is 5.82 Å². The number of ketones is 1. The molecule has 2 N–H and O–H groups in total. The van der Waals surface area contributed by atoms with Gasteiger partial charge in [-0.2, -0.15) is 0 Å². The van der Waals surface area contributed by atoms with Crippen LogP contribution in [0, 0.1) is 5.82 Å². The van der Waals surface area contributed by atoms with Gasteiger partial charge in [0.2, 0.25) is 0 Å². The third-order valence-corrected chi connectivity index (χ3v) is 3.31. The van der Waals surface area contributed by atoms with E-state index in [-0.39, 0.29) is 23.7 Å². The van der Waals surface area contributed by atoms with Crippen LogP contribution in [0.25, 0.3) is 0 Å². The molecule has 1 aliphatic rings. The van der Waals surface area contributed by atoms with Gasteiger partial charge in [-0.15, -0.1) is 0 Å². The summed E-state index contributed by atoms with van der Waals surface area (Å²) in [4.78, 5) is 14.2. The highest BCUT2D eigenvalue weighted by atomic mass is 19.1. The van der Waals surface area contributed by atoms with Crippen LogP contribution in [0.15, 0.2) is 24.3 Å². The molecule has 1 aliphatic heterocycles. The highest BCUT2D eigenvalue weighted by molar-refractivity contribution is 5.99. The van der Waals surface area contributed by atoms with Crippen molar-refractivity contribution in [1.82, 2.24) is 4.90 Å². The van der Waals surface area contributed by atoms with Crippen molar-refractivity contribution < 1.29 is 9.18 Å². The average molecular weight is 236 g/mol. The first-order valence-electron chi connectivity index (χ1n) is 5.87. The lowest BCUT2D eigenvalue weighted by Gasteiger charge is -2.22. The number of rotatable bonds is 3. The Kier molecular flexibility index (Phi) is 3.54. The number of hydrogen-bond acceptors (Lipinski definition) is 3. The molecule has 1 heterocycles. The lowest BCUT2D eigenvalue weighted by atomic mass is 10.0. The summed E-state index contributed by atoms with van der Waals surface area (Å²) in [7, 11) is 0. The Balaban J connectivity index is 2.06. The summed E-state index contributed by atoms with van der Waals surface area (Å²) in [6.07, 6.45) is 0.932. The Morgan fingerprint density at radius 2 is 2.12 bits per heavy atom. The zero-order chi connectivity index (χ0) is 12.4. The highest BCUT2D eigenvalue weighted by Crippen LogP contribution is 2.15. The largest absolute Gasteiger partial charge is 0.326 e. The summed E-state index contributed by atoms with van der Waals surface area (Å²) in [5.41, 5.74) is 6.37. The first kappa shape index (κ1) is 12.2. The van der Waals surface area contributed by atoms with Gasteiger partial charge in [0, 0.05) is 24.7 Å².